The first-order chi connectivity index (χ1) is 10.9. The van der Waals surface area contributed by atoms with Gasteiger partial charge in [-0.3, -0.25) is 4.79 Å². The van der Waals surface area contributed by atoms with E-state index in [0.717, 1.165) is 6.26 Å². The molecule has 0 fully saturated rings. The number of fused-ring (bicyclic) bond motifs is 1. The number of hydrogen-bond donors (Lipinski definition) is 1. The van der Waals surface area contributed by atoms with E-state index in [1.165, 1.54) is 19.2 Å². The Morgan fingerprint density at radius 1 is 1.26 bits per heavy atom. The molecular formula is C13H12N4O5S. The Bertz CT molecular complexity index is 916. The second-order valence-electron chi connectivity index (χ2n) is 4.81. The van der Waals surface area contributed by atoms with Crippen molar-refractivity contribution >= 4 is 21.8 Å². The molecule has 9 nitrogen and oxygen atoms in total. The third kappa shape index (κ3) is 3.21. The van der Waals surface area contributed by atoms with Crippen molar-refractivity contribution in [3.63, 3.8) is 0 Å². The second-order valence-corrected chi connectivity index (χ2v) is 6.38. The maximum Gasteiger partial charge on any atom is 0.306 e. The van der Waals surface area contributed by atoms with Crippen LogP contribution in [-0.2, 0) is 21.3 Å². The van der Waals surface area contributed by atoms with E-state index in [4.69, 9.17) is 8.92 Å². The molecule has 0 saturated heterocycles. The van der Waals surface area contributed by atoms with Gasteiger partial charge in [0.2, 0.25) is 0 Å². The summed E-state index contributed by atoms with van der Waals surface area (Å²) >= 11 is 0. The fraction of sp³-hybridized carbons (Fsp3) is 0.231. The quantitative estimate of drug-likeness (QED) is 0.846. The van der Waals surface area contributed by atoms with Crippen molar-refractivity contribution in [1.29, 1.82) is 0 Å². The number of carbonyl (C=O) groups excluding carboxylic acids is 1. The van der Waals surface area contributed by atoms with Crippen LogP contribution in [0.5, 0.6) is 11.5 Å². The molecular weight excluding hydrogens is 324 g/mol. The number of imidazole rings is 1. The van der Waals surface area contributed by atoms with Gasteiger partial charge in [0, 0.05) is 6.07 Å². The normalized spacial score (nSPS) is 13.7. The lowest BCUT2D eigenvalue weighted by Gasteiger charge is -2.09. The van der Waals surface area contributed by atoms with E-state index in [9.17, 15) is 13.2 Å². The average molecular weight is 336 g/mol. The SMILES string of the molecule is COc1cc(OS(C)(=O)=O)ccc1-c1nc2c([nH]1)CC(=O)N=N2. The van der Waals surface area contributed by atoms with Crippen molar-refractivity contribution < 1.29 is 22.1 Å². The maximum absolute atomic E-state index is 11.3. The minimum atomic E-state index is -3.63. The molecule has 0 spiro atoms. The van der Waals surface area contributed by atoms with E-state index < -0.39 is 10.1 Å². The standard InChI is InChI=1S/C13H12N4O5S/c1-21-10-5-7(22-23(2,19)20)3-4-8(10)12-14-9-6-11(18)16-17-13(9)15-12/h3-5H,6H2,1-2H3,(H,14,15). The van der Waals surface area contributed by atoms with Gasteiger partial charge in [0.25, 0.3) is 5.91 Å². The highest BCUT2D eigenvalue weighted by Crippen LogP contribution is 2.34. The highest BCUT2D eigenvalue weighted by Gasteiger charge is 2.20. The van der Waals surface area contributed by atoms with Gasteiger partial charge >= 0.3 is 10.1 Å². The third-order valence-electron chi connectivity index (χ3n) is 3.02. The van der Waals surface area contributed by atoms with Gasteiger partial charge < -0.3 is 13.9 Å². The molecule has 3 rings (SSSR count). The predicted molar refractivity (Wildman–Crippen MR) is 79.3 cm³/mol. The van der Waals surface area contributed by atoms with Crippen LogP contribution in [0.15, 0.2) is 28.4 Å². The molecule has 0 bridgehead atoms. The summed E-state index contributed by atoms with van der Waals surface area (Å²) in [6, 6.07) is 4.51. The zero-order chi connectivity index (χ0) is 16.6. The largest absolute Gasteiger partial charge is 0.496 e. The number of nitrogens with zero attached hydrogens (tertiary/aromatic N) is 3. The molecule has 0 radical (unpaired) electrons. The van der Waals surface area contributed by atoms with Gasteiger partial charge in [-0.2, -0.15) is 8.42 Å². The molecule has 1 aliphatic rings. The lowest BCUT2D eigenvalue weighted by atomic mass is 10.2. The Hall–Kier alpha value is -2.75. The lowest BCUT2D eigenvalue weighted by Crippen LogP contribution is -2.06. The lowest BCUT2D eigenvalue weighted by molar-refractivity contribution is -0.117. The Morgan fingerprint density at radius 3 is 2.74 bits per heavy atom. The molecule has 2 heterocycles. The van der Waals surface area contributed by atoms with Crippen LogP contribution in [0.2, 0.25) is 0 Å². The smallest absolute Gasteiger partial charge is 0.306 e. The fourth-order valence-electron chi connectivity index (χ4n) is 2.12. The minimum absolute atomic E-state index is 0.101. The molecule has 120 valence electrons. The highest BCUT2D eigenvalue weighted by molar-refractivity contribution is 7.86. The number of rotatable bonds is 4. The Morgan fingerprint density at radius 2 is 2.04 bits per heavy atom. The van der Waals surface area contributed by atoms with Crippen LogP contribution in [-0.4, -0.2) is 37.7 Å². The zero-order valence-corrected chi connectivity index (χ0v) is 13.0. The van der Waals surface area contributed by atoms with Crippen LogP contribution < -0.4 is 8.92 Å². The van der Waals surface area contributed by atoms with Crippen molar-refractivity contribution in [2.45, 2.75) is 6.42 Å². The molecule has 0 atom stereocenters. The van der Waals surface area contributed by atoms with Crippen LogP contribution in [0.3, 0.4) is 0 Å². The summed E-state index contributed by atoms with van der Waals surface area (Å²) in [5, 5.41) is 7.19. The molecule has 10 heteroatoms. The molecule has 1 N–H and O–H groups in total. The van der Waals surface area contributed by atoms with E-state index in [1.54, 1.807) is 6.07 Å². The van der Waals surface area contributed by atoms with Crippen LogP contribution in [0.4, 0.5) is 5.82 Å². The number of methoxy groups -OCH3 is 1. The van der Waals surface area contributed by atoms with E-state index in [2.05, 4.69) is 20.2 Å². The average Bonchev–Trinajstić information content (AvgIpc) is 2.88. The first-order valence-electron chi connectivity index (χ1n) is 6.47. The van der Waals surface area contributed by atoms with Crippen molar-refractivity contribution in [3.05, 3.63) is 23.9 Å². The van der Waals surface area contributed by atoms with Crippen molar-refractivity contribution in [2.24, 2.45) is 10.2 Å². The summed E-state index contributed by atoms with van der Waals surface area (Å²) in [5.41, 5.74) is 1.14. The van der Waals surface area contributed by atoms with E-state index in [0.29, 0.717) is 28.6 Å². The summed E-state index contributed by atoms with van der Waals surface area (Å²) in [5.74, 6) is 0.917. The van der Waals surface area contributed by atoms with Gasteiger partial charge in [-0.15, -0.1) is 10.2 Å². The highest BCUT2D eigenvalue weighted by atomic mass is 32.2. The van der Waals surface area contributed by atoms with E-state index in [-0.39, 0.29) is 18.1 Å². The first kappa shape index (κ1) is 15.2. The second kappa shape index (κ2) is 5.47. The van der Waals surface area contributed by atoms with Gasteiger partial charge in [-0.25, -0.2) is 4.98 Å². The number of amides is 1. The number of aromatic amines is 1. The van der Waals surface area contributed by atoms with Crippen LogP contribution in [0.1, 0.15) is 5.69 Å². The first-order valence-corrected chi connectivity index (χ1v) is 8.28. The number of aromatic nitrogens is 2. The molecule has 1 amide bonds. The zero-order valence-electron chi connectivity index (χ0n) is 12.2. The van der Waals surface area contributed by atoms with Crippen LogP contribution in [0, 0.1) is 0 Å². The molecule has 1 aliphatic heterocycles. The van der Waals surface area contributed by atoms with Crippen LogP contribution in [0.25, 0.3) is 11.4 Å². The number of ether oxygens (including phenoxy) is 1. The monoisotopic (exact) mass is 336 g/mol. The third-order valence-corrected chi connectivity index (χ3v) is 3.51. The molecule has 0 unspecified atom stereocenters. The Balaban J connectivity index is 2.00. The van der Waals surface area contributed by atoms with Gasteiger partial charge in [0.05, 0.1) is 31.0 Å². The predicted octanol–water partition coefficient (Wildman–Crippen LogP) is 1.59. The fourth-order valence-corrected chi connectivity index (χ4v) is 2.57. The number of H-pyrrole nitrogens is 1. The number of nitrogens with one attached hydrogen (secondary N) is 1. The number of benzene rings is 1. The maximum atomic E-state index is 11.3. The molecule has 2 aromatic rings. The Labute approximate surface area is 131 Å². The Kier molecular flexibility index (Phi) is 3.60. The molecule has 1 aromatic heterocycles. The molecule has 1 aromatic carbocycles. The molecule has 23 heavy (non-hydrogen) atoms. The van der Waals surface area contributed by atoms with Gasteiger partial charge in [0.15, 0.2) is 5.82 Å². The van der Waals surface area contributed by atoms with Gasteiger partial charge in [-0.1, -0.05) is 0 Å². The summed E-state index contributed by atoms with van der Waals surface area (Å²) in [4.78, 5) is 18.5. The van der Waals surface area contributed by atoms with E-state index in [1.807, 2.05) is 0 Å². The summed E-state index contributed by atoms with van der Waals surface area (Å²) in [6.45, 7) is 0. The van der Waals surface area contributed by atoms with Crippen molar-refractivity contribution in [3.8, 4) is 22.9 Å². The summed E-state index contributed by atoms with van der Waals surface area (Å²) in [7, 11) is -2.19. The van der Waals surface area contributed by atoms with Gasteiger partial charge in [0.1, 0.15) is 17.3 Å². The molecule has 0 aliphatic carbocycles. The topological polar surface area (TPSA) is 123 Å². The van der Waals surface area contributed by atoms with Crippen LogP contribution >= 0.6 is 0 Å². The summed E-state index contributed by atoms with van der Waals surface area (Å²) in [6.07, 6.45) is 1.05. The number of azo groups is 1. The van der Waals surface area contributed by atoms with Crippen molar-refractivity contribution in [1.82, 2.24) is 9.97 Å². The van der Waals surface area contributed by atoms with Crippen molar-refractivity contribution in [2.75, 3.05) is 13.4 Å². The van der Waals surface area contributed by atoms with E-state index >= 15 is 0 Å². The van der Waals surface area contributed by atoms with Gasteiger partial charge in [-0.05, 0) is 12.1 Å². The number of carbonyl (C=O) groups is 1. The molecule has 0 saturated carbocycles. The summed E-state index contributed by atoms with van der Waals surface area (Å²) < 4.78 is 32.4. The number of hydrogen-bond acceptors (Lipinski definition) is 7. The minimum Gasteiger partial charge on any atom is -0.496 e.